The summed E-state index contributed by atoms with van der Waals surface area (Å²) in [6.07, 6.45) is 1.62. The first-order chi connectivity index (χ1) is 10.6. The molecule has 0 aliphatic heterocycles. The van der Waals surface area contributed by atoms with Gasteiger partial charge in [0, 0.05) is 6.20 Å². The van der Waals surface area contributed by atoms with Crippen molar-refractivity contribution in [3.63, 3.8) is 0 Å². The standard InChI is InChI=1S/C16H17N3O3/c1-11-6-7-14(22-2)13(9-11)19-16(21)15(20)18-10-12-5-3-4-8-17-12/h3-9H,10H2,1-2H3,(H,18,20)(H,19,21). The molecule has 2 rings (SSSR count). The topological polar surface area (TPSA) is 80.3 Å². The number of amides is 2. The Balaban J connectivity index is 1.97. The molecule has 1 heterocycles. The van der Waals surface area contributed by atoms with Crippen LogP contribution in [0.15, 0.2) is 42.6 Å². The lowest BCUT2D eigenvalue weighted by Gasteiger charge is -2.11. The average Bonchev–Trinajstić information content (AvgIpc) is 2.53. The van der Waals surface area contributed by atoms with Crippen molar-refractivity contribution < 1.29 is 14.3 Å². The number of aromatic nitrogens is 1. The van der Waals surface area contributed by atoms with Crippen LogP contribution in [0, 0.1) is 6.92 Å². The molecule has 22 heavy (non-hydrogen) atoms. The summed E-state index contributed by atoms with van der Waals surface area (Å²) in [7, 11) is 1.50. The van der Waals surface area contributed by atoms with Crippen LogP contribution in [0.5, 0.6) is 5.75 Å². The highest BCUT2D eigenvalue weighted by Crippen LogP contribution is 2.24. The highest BCUT2D eigenvalue weighted by molar-refractivity contribution is 6.39. The van der Waals surface area contributed by atoms with E-state index in [1.807, 2.05) is 19.1 Å². The normalized spacial score (nSPS) is 9.91. The molecule has 0 fully saturated rings. The number of benzene rings is 1. The van der Waals surface area contributed by atoms with Gasteiger partial charge in [-0.3, -0.25) is 14.6 Å². The minimum absolute atomic E-state index is 0.193. The lowest BCUT2D eigenvalue weighted by atomic mass is 10.2. The molecule has 0 saturated heterocycles. The monoisotopic (exact) mass is 299 g/mol. The van der Waals surface area contributed by atoms with Crippen LogP contribution in [0.1, 0.15) is 11.3 Å². The van der Waals surface area contributed by atoms with Crippen LogP contribution in [0.4, 0.5) is 5.69 Å². The highest BCUT2D eigenvalue weighted by Gasteiger charge is 2.15. The number of hydrogen-bond acceptors (Lipinski definition) is 4. The van der Waals surface area contributed by atoms with E-state index in [2.05, 4.69) is 15.6 Å². The molecular weight excluding hydrogens is 282 g/mol. The summed E-state index contributed by atoms with van der Waals surface area (Å²) in [5.74, 6) is -0.981. The van der Waals surface area contributed by atoms with Crippen LogP contribution >= 0.6 is 0 Å². The number of pyridine rings is 1. The Morgan fingerprint density at radius 1 is 1.18 bits per heavy atom. The third kappa shape index (κ3) is 4.05. The van der Waals surface area contributed by atoms with Crippen molar-refractivity contribution in [2.45, 2.75) is 13.5 Å². The quantitative estimate of drug-likeness (QED) is 0.841. The second kappa shape index (κ2) is 7.21. The first-order valence-corrected chi connectivity index (χ1v) is 6.74. The Morgan fingerprint density at radius 3 is 2.68 bits per heavy atom. The lowest BCUT2D eigenvalue weighted by molar-refractivity contribution is -0.136. The Labute approximate surface area is 128 Å². The molecule has 114 valence electrons. The maximum atomic E-state index is 11.9. The summed E-state index contributed by atoms with van der Waals surface area (Å²) in [6, 6.07) is 10.7. The molecule has 2 N–H and O–H groups in total. The van der Waals surface area contributed by atoms with Crippen LogP contribution in [0.25, 0.3) is 0 Å². The number of aryl methyl sites for hydroxylation is 1. The number of carbonyl (C=O) groups is 2. The predicted molar refractivity (Wildman–Crippen MR) is 82.4 cm³/mol. The van der Waals surface area contributed by atoms with E-state index in [1.165, 1.54) is 7.11 Å². The third-order valence-corrected chi connectivity index (χ3v) is 2.97. The van der Waals surface area contributed by atoms with E-state index in [1.54, 1.807) is 30.5 Å². The largest absolute Gasteiger partial charge is 0.495 e. The number of nitrogens with one attached hydrogen (secondary N) is 2. The summed E-state index contributed by atoms with van der Waals surface area (Å²) >= 11 is 0. The van der Waals surface area contributed by atoms with Crippen molar-refractivity contribution in [3.8, 4) is 5.75 Å². The molecule has 0 saturated carbocycles. The van der Waals surface area contributed by atoms with Gasteiger partial charge in [0.1, 0.15) is 5.75 Å². The fourth-order valence-electron chi connectivity index (χ4n) is 1.85. The van der Waals surface area contributed by atoms with Gasteiger partial charge in [0.05, 0.1) is 25.0 Å². The second-order valence-electron chi connectivity index (χ2n) is 4.66. The predicted octanol–water partition coefficient (Wildman–Crippen LogP) is 1.65. The Hall–Kier alpha value is -2.89. The van der Waals surface area contributed by atoms with Crippen LogP contribution < -0.4 is 15.4 Å². The van der Waals surface area contributed by atoms with E-state index in [9.17, 15) is 9.59 Å². The number of ether oxygens (including phenoxy) is 1. The zero-order chi connectivity index (χ0) is 15.9. The Kier molecular flexibility index (Phi) is 5.08. The van der Waals surface area contributed by atoms with Crippen LogP contribution in [-0.2, 0) is 16.1 Å². The summed E-state index contributed by atoms with van der Waals surface area (Å²) in [6.45, 7) is 2.08. The number of anilines is 1. The smallest absolute Gasteiger partial charge is 0.313 e. The lowest BCUT2D eigenvalue weighted by Crippen LogP contribution is -2.35. The number of carbonyl (C=O) groups excluding carboxylic acids is 2. The maximum absolute atomic E-state index is 11.9. The van der Waals surface area contributed by atoms with Crippen molar-refractivity contribution in [1.29, 1.82) is 0 Å². The molecule has 0 unspecified atom stereocenters. The molecule has 6 nitrogen and oxygen atoms in total. The SMILES string of the molecule is COc1ccc(C)cc1NC(=O)C(=O)NCc1ccccn1. The van der Waals surface area contributed by atoms with Gasteiger partial charge in [0.25, 0.3) is 0 Å². The van der Waals surface area contributed by atoms with Gasteiger partial charge in [-0.1, -0.05) is 12.1 Å². The van der Waals surface area contributed by atoms with Crippen molar-refractivity contribution in [2.24, 2.45) is 0 Å². The molecule has 0 bridgehead atoms. The summed E-state index contributed by atoms with van der Waals surface area (Å²) in [4.78, 5) is 27.8. The summed E-state index contributed by atoms with van der Waals surface area (Å²) < 4.78 is 5.15. The van der Waals surface area contributed by atoms with E-state index in [0.29, 0.717) is 17.1 Å². The molecule has 1 aromatic carbocycles. The zero-order valence-corrected chi connectivity index (χ0v) is 12.4. The molecule has 0 atom stereocenters. The van der Waals surface area contributed by atoms with Gasteiger partial charge < -0.3 is 15.4 Å². The van der Waals surface area contributed by atoms with E-state index >= 15 is 0 Å². The minimum Gasteiger partial charge on any atom is -0.495 e. The highest BCUT2D eigenvalue weighted by atomic mass is 16.5. The van der Waals surface area contributed by atoms with Crippen molar-refractivity contribution in [1.82, 2.24) is 10.3 Å². The van der Waals surface area contributed by atoms with E-state index in [-0.39, 0.29) is 6.54 Å². The van der Waals surface area contributed by atoms with Gasteiger partial charge in [-0.2, -0.15) is 0 Å². The number of hydrogen-bond donors (Lipinski definition) is 2. The molecule has 0 spiro atoms. The Bertz CT molecular complexity index is 672. The van der Waals surface area contributed by atoms with Gasteiger partial charge in [-0.05, 0) is 36.8 Å². The molecule has 2 amide bonds. The fourth-order valence-corrected chi connectivity index (χ4v) is 1.85. The fraction of sp³-hybridized carbons (Fsp3) is 0.188. The molecule has 0 radical (unpaired) electrons. The molecule has 6 heteroatoms. The molecule has 1 aromatic heterocycles. The molecule has 0 aliphatic rings. The number of nitrogens with zero attached hydrogens (tertiary/aromatic N) is 1. The third-order valence-electron chi connectivity index (χ3n) is 2.97. The van der Waals surface area contributed by atoms with Gasteiger partial charge in [-0.25, -0.2) is 0 Å². The Morgan fingerprint density at radius 2 is 2.00 bits per heavy atom. The maximum Gasteiger partial charge on any atom is 0.313 e. The van der Waals surface area contributed by atoms with Gasteiger partial charge in [-0.15, -0.1) is 0 Å². The first-order valence-electron chi connectivity index (χ1n) is 6.74. The van der Waals surface area contributed by atoms with Crippen molar-refractivity contribution in [2.75, 3.05) is 12.4 Å². The van der Waals surface area contributed by atoms with Crippen LogP contribution in [0.3, 0.4) is 0 Å². The minimum atomic E-state index is -0.750. The summed E-state index contributed by atoms with van der Waals surface area (Å²) in [5, 5.41) is 5.06. The van der Waals surface area contributed by atoms with Crippen LogP contribution in [0.2, 0.25) is 0 Å². The zero-order valence-electron chi connectivity index (χ0n) is 12.4. The van der Waals surface area contributed by atoms with Gasteiger partial charge >= 0.3 is 11.8 Å². The summed E-state index contributed by atoms with van der Waals surface area (Å²) in [5.41, 5.74) is 2.09. The first kappa shape index (κ1) is 15.5. The van der Waals surface area contributed by atoms with Gasteiger partial charge in [0.15, 0.2) is 0 Å². The molecule has 2 aromatic rings. The number of rotatable bonds is 4. The van der Waals surface area contributed by atoms with Gasteiger partial charge in [0.2, 0.25) is 0 Å². The van der Waals surface area contributed by atoms with Crippen LogP contribution in [-0.4, -0.2) is 23.9 Å². The second-order valence-corrected chi connectivity index (χ2v) is 4.66. The number of methoxy groups -OCH3 is 1. The molecular formula is C16H17N3O3. The van der Waals surface area contributed by atoms with Crippen molar-refractivity contribution >= 4 is 17.5 Å². The molecule has 0 aliphatic carbocycles. The van der Waals surface area contributed by atoms with E-state index in [4.69, 9.17) is 4.74 Å². The van der Waals surface area contributed by atoms with Crippen molar-refractivity contribution in [3.05, 3.63) is 53.9 Å². The van der Waals surface area contributed by atoms with E-state index < -0.39 is 11.8 Å². The van der Waals surface area contributed by atoms with E-state index in [0.717, 1.165) is 5.56 Å². The average molecular weight is 299 g/mol.